The summed E-state index contributed by atoms with van der Waals surface area (Å²) in [4.78, 5) is 17.5. The van der Waals surface area contributed by atoms with Crippen LogP contribution in [-0.4, -0.2) is 25.6 Å². The number of amides is 1. The van der Waals surface area contributed by atoms with Crippen LogP contribution in [0.5, 0.6) is 0 Å². The zero-order valence-electron chi connectivity index (χ0n) is 13.4. The van der Waals surface area contributed by atoms with E-state index in [0.29, 0.717) is 21.9 Å². The molecule has 0 saturated heterocycles. The van der Waals surface area contributed by atoms with Crippen LogP contribution in [0.2, 0.25) is 0 Å². The van der Waals surface area contributed by atoms with Gasteiger partial charge in [-0.05, 0) is 42.6 Å². The molecule has 2 aromatic heterocycles. The summed E-state index contributed by atoms with van der Waals surface area (Å²) < 4.78 is 24.8. The number of nitrogens with zero attached hydrogens (tertiary/aromatic N) is 1. The number of aromatic nitrogens is 1. The van der Waals surface area contributed by atoms with Crippen LogP contribution in [0.25, 0.3) is 10.6 Å². The third-order valence-corrected chi connectivity index (χ3v) is 5.71. The summed E-state index contributed by atoms with van der Waals surface area (Å²) in [6.07, 6.45) is 1.08. The van der Waals surface area contributed by atoms with Crippen LogP contribution >= 0.6 is 22.7 Å². The van der Waals surface area contributed by atoms with Gasteiger partial charge in [0.1, 0.15) is 9.88 Å². The monoisotopic (exact) mass is 393 g/mol. The van der Waals surface area contributed by atoms with E-state index in [2.05, 4.69) is 15.0 Å². The Bertz CT molecular complexity index is 991. The van der Waals surface area contributed by atoms with Crippen LogP contribution in [0.3, 0.4) is 0 Å². The highest BCUT2D eigenvalue weighted by molar-refractivity contribution is 7.92. The van der Waals surface area contributed by atoms with Gasteiger partial charge >= 0.3 is 0 Å². The van der Waals surface area contributed by atoms with E-state index < -0.39 is 10.0 Å². The van der Waals surface area contributed by atoms with E-state index in [4.69, 9.17) is 0 Å². The lowest BCUT2D eigenvalue weighted by atomic mass is 10.2. The average Bonchev–Trinajstić information content (AvgIpc) is 3.17. The van der Waals surface area contributed by atoms with Crippen molar-refractivity contribution in [1.82, 2.24) is 4.98 Å². The number of thiazole rings is 1. The number of benzene rings is 1. The highest BCUT2D eigenvalue weighted by atomic mass is 32.2. The maximum absolute atomic E-state index is 12.5. The summed E-state index contributed by atoms with van der Waals surface area (Å²) >= 11 is 2.93. The van der Waals surface area contributed by atoms with Crippen molar-refractivity contribution in [2.24, 2.45) is 0 Å². The highest BCUT2D eigenvalue weighted by Crippen LogP contribution is 2.30. The molecule has 0 radical (unpaired) electrons. The van der Waals surface area contributed by atoms with Gasteiger partial charge in [0.05, 0.1) is 11.9 Å². The highest BCUT2D eigenvalue weighted by Gasteiger charge is 2.16. The molecule has 9 heteroatoms. The molecule has 2 N–H and O–H groups in total. The number of rotatable bonds is 5. The van der Waals surface area contributed by atoms with Gasteiger partial charge in [-0.25, -0.2) is 13.4 Å². The van der Waals surface area contributed by atoms with Crippen molar-refractivity contribution in [3.8, 4) is 10.6 Å². The Morgan fingerprint density at radius 2 is 1.80 bits per heavy atom. The van der Waals surface area contributed by atoms with Crippen LogP contribution in [-0.2, 0) is 10.0 Å². The topological polar surface area (TPSA) is 88.2 Å². The molecule has 0 spiro atoms. The van der Waals surface area contributed by atoms with Crippen molar-refractivity contribution in [3.05, 3.63) is 51.7 Å². The van der Waals surface area contributed by atoms with Crippen molar-refractivity contribution in [2.45, 2.75) is 6.92 Å². The zero-order chi connectivity index (χ0) is 18.0. The first-order chi connectivity index (χ1) is 11.8. The van der Waals surface area contributed by atoms with Crippen LogP contribution in [0.15, 0.2) is 41.1 Å². The normalized spacial score (nSPS) is 11.3. The molecule has 0 bridgehead atoms. The Morgan fingerprint density at radius 3 is 2.40 bits per heavy atom. The Morgan fingerprint density at radius 1 is 1.12 bits per heavy atom. The molecule has 6 nitrogen and oxygen atoms in total. The van der Waals surface area contributed by atoms with E-state index in [1.54, 1.807) is 42.5 Å². The van der Waals surface area contributed by atoms with Gasteiger partial charge in [-0.3, -0.25) is 9.52 Å². The number of carbonyl (C=O) groups is 1. The van der Waals surface area contributed by atoms with E-state index in [-0.39, 0.29) is 5.91 Å². The van der Waals surface area contributed by atoms with E-state index in [1.165, 1.54) is 11.3 Å². The fourth-order valence-electron chi connectivity index (χ4n) is 2.14. The van der Waals surface area contributed by atoms with Gasteiger partial charge < -0.3 is 5.32 Å². The Balaban J connectivity index is 1.74. The van der Waals surface area contributed by atoms with Gasteiger partial charge in [0, 0.05) is 22.3 Å². The molecule has 1 amide bonds. The quantitative estimate of drug-likeness (QED) is 0.690. The zero-order valence-corrected chi connectivity index (χ0v) is 15.9. The minimum Gasteiger partial charge on any atom is -0.321 e. The Kier molecular flexibility index (Phi) is 4.89. The summed E-state index contributed by atoms with van der Waals surface area (Å²) in [5, 5.41) is 7.58. The van der Waals surface area contributed by atoms with Gasteiger partial charge in [0.15, 0.2) is 0 Å². The number of anilines is 2. The Labute approximate surface area is 153 Å². The third-order valence-electron chi connectivity index (χ3n) is 3.22. The van der Waals surface area contributed by atoms with E-state index in [0.717, 1.165) is 16.8 Å². The molecule has 3 aromatic rings. The summed E-state index contributed by atoms with van der Waals surface area (Å²) in [6.45, 7) is 1.81. The number of hydrogen-bond acceptors (Lipinski definition) is 6. The second-order valence-corrected chi connectivity index (χ2v) is 8.88. The number of sulfonamides is 1. The van der Waals surface area contributed by atoms with Crippen molar-refractivity contribution >= 4 is 50.0 Å². The fourth-order valence-corrected chi connectivity index (χ4v) is 4.38. The van der Waals surface area contributed by atoms with Gasteiger partial charge in [-0.15, -0.1) is 11.3 Å². The number of nitrogens with one attached hydrogen (secondary N) is 2. The summed E-state index contributed by atoms with van der Waals surface area (Å²) in [6, 6.07) is 8.43. The third kappa shape index (κ3) is 4.44. The van der Waals surface area contributed by atoms with Crippen LogP contribution in [0.1, 0.15) is 15.4 Å². The standard InChI is InChI=1S/C16H15N3O3S3/c1-10-14(24-16(17-10)11-7-8-23-9-11)15(20)18-12-3-5-13(6-4-12)19-25(2,21)22/h3-9,19H,1-2H3,(H,18,20). The molecule has 0 aliphatic rings. The van der Waals surface area contributed by atoms with Crippen LogP contribution in [0.4, 0.5) is 11.4 Å². The predicted octanol–water partition coefficient (Wildman–Crippen LogP) is 3.80. The summed E-state index contributed by atoms with van der Waals surface area (Å²) in [7, 11) is -3.32. The number of thiophene rings is 1. The first kappa shape index (κ1) is 17.6. The minimum absolute atomic E-state index is 0.236. The first-order valence-corrected chi connectivity index (χ1v) is 10.9. The van der Waals surface area contributed by atoms with E-state index >= 15 is 0 Å². The van der Waals surface area contributed by atoms with Crippen molar-refractivity contribution in [3.63, 3.8) is 0 Å². The average molecular weight is 394 g/mol. The second-order valence-electron chi connectivity index (χ2n) is 5.35. The number of aryl methyl sites for hydroxylation is 1. The molecular formula is C16H15N3O3S3. The molecule has 0 fully saturated rings. The first-order valence-electron chi connectivity index (χ1n) is 7.21. The molecule has 2 heterocycles. The number of carbonyl (C=O) groups excluding carboxylic acids is 1. The lowest BCUT2D eigenvalue weighted by molar-refractivity contribution is 0.103. The molecule has 0 atom stereocenters. The molecule has 0 saturated carbocycles. The van der Waals surface area contributed by atoms with Gasteiger partial charge in [0.2, 0.25) is 10.0 Å². The molecule has 25 heavy (non-hydrogen) atoms. The van der Waals surface area contributed by atoms with E-state index in [9.17, 15) is 13.2 Å². The Hall–Kier alpha value is -2.23. The molecule has 0 aliphatic heterocycles. The number of hydrogen-bond donors (Lipinski definition) is 2. The molecule has 1 aromatic carbocycles. The van der Waals surface area contributed by atoms with Gasteiger partial charge in [-0.1, -0.05) is 0 Å². The predicted molar refractivity (Wildman–Crippen MR) is 103 cm³/mol. The van der Waals surface area contributed by atoms with Gasteiger partial charge in [-0.2, -0.15) is 11.3 Å². The fraction of sp³-hybridized carbons (Fsp3) is 0.125. The van der Waals surface area contributed by atoms with E-state index in [1.807, 2.05) is 16.8 Å². The maximum atomic E-state index is 12.5. The molecule has 3 rings (SSSR count). The lowest BCUT2D eigenvalue weighted by Gasteiger charge is -2.07. The van der Waals surface area contributed by atoms with Crippen LogP contribution < -0.4 is 10.0 Å². The molecule has 0 aliphatic carbocycles. The lowest BCUT2D eigenvalue weighted by Crippen LogP contribution is -2.12. The summed E-state index contributed by atoms with van der Waals surface area (Å²) in [5.74, 6) is -0.236. The SMILES string of the molecule is Cc1nc(-c2ccsc2)sc1C(=O)Nc1ccc(NS(C)(=O)=O)cc1. The second kappa shape index (κ2) is 6.95. The minimum atomic E-state index is -3.32. The van der Waals surface area contributed by atoms with Gasteiger partial charge in [0.25, 0.3) is 5.91 Å². The van der Waals surface area contributed by atoms with Crippen molar-refractivity contribution < 1.29 is 13.2 Å². The molecular weight excluding hydrogens is 378 g/mol. The molecule has 0 unspecified atom stereocenters. The maximum Gasteiger partial charge on any atom is 0.267 e. The molecule has 130 valence electrons. The van der Waals surface area contributed by atoms with Crippen LogP contribution in [0, 0.1) is 6.92 Å². The smallest absolute Gasteiger partial charge is 0.267 e. The van der Waals surface area contributed by atoms with Crippen molar-refractivity contribution in [1.29, 1.82) is 0 Å². The summed E-state index contributed by atoms with van der Waals surface area (Å²) in [5.41, 5.74) is 2.70. The largest absolute Gasteiger partial charge is 0.321 e. The van der Waals surface area contributed by atoms with Crippen molar-refractivity contribution in [2.75, 3.05) is 16.3 Å².